The van der Waals surface area contributed by atoms with Gasteiger partial charge in [-0.3, -0.25) is 19.4 Å². The molecule has 1 unspecified atom stereocenters. The maximum Gasteiger partial charge on any atom is 0.220 e. The van der Waals surface area contributed by atoms with Gasteiger partial charge in [0, 0.05) is 80.3 Å². The first-order valence-electron chi connectivity index (χ1n) is 17.6. The quantitative estimate of drug-likeness (QED) is 0.157. The first kappa shape index (κ1) is 31.6. The van der Waals surface area contributed by atoms with E-state index in [0.29, 0.717) is 13.0 Å². The number of aromatic nitrogens is 4. The van der Waals surface area contributed by atoms with E-state index in [4.69, 9.17) is 10.1 Å². The molecular weight excluding hydrogens is 612 g/mol. The third kappa shape index (κ3) is 6.44. The van der Waals surface area contributed by atoms with Crippen LogP contribution in [0.25, 0.3) is 33.3 Å². The van der Waals surface area contributed by atoms with E-state index in [9.17, 15) is 9.90 Å². The van der Waals surface area contributed by atoms with Gasteiger partial charge in [-0.15, -0.1) is 0 Å². The normalized spacial score (nSPS) is 20.9. The molecule has 6 heterocycles. The second-order valence-corrected chi connectivity index (χ2v) is 13.9. The first-order valence-corrected chi connectivity index (χ1v) is 17.6. The minimum atomic E-state index is -0.232. The van der Waals surface area contributed by atoms with Crippen molar-refractivity contribution in [1.82, 2.24) is 35.3 Å². The van der Waals surface area contributed by atoms with Crippen LogP contribution >= 0.6 is 0 Å². The molecule has 10 heteroatoms. The van der Waals surface area contributed by atoms with E-state index in [0.717, 1.165) is 102 Å². The van der Waals surface area contributed by atoms with E-state index in [2.05, 4.69) is 92.9 Å². The summed E-state index contributed by atoms with van der Waals surface area (Å²) in [5.41, 5.74) is 11.0. The number of β-amino-alcohol motifs (C(OH)–C–C–N with tert-alkyl or cyclic N) is 1. The number of benzene rings is 2. The number of likely N-dealkylation sites (tertiary alicyclic amines) is 1. The molecule has 4 N–H and O–H groups in total. The highest BCUT2D eigenvalue weighted by Gasteiger charge is 2.27. The summed E-state index contributed by atoms with van der Waals surface area (Å²) in [5, 5.41) is 26.4. The van der Waals surface area contributed by atoms with Crippen LogP contribution in [-0.2, 0) is 17.9 Å². The number of hydrogen-bond donors (Lipinski definition) is 4. The predicted molar refractivity (Wildman–Crippen MR) is 192 cm³/mol. The van der Waals surface area contributed by atoms with Crippen LogP contribution in [0.1, 0.15) is 60.5 Å². The Kier molecular flexibility index (Phi) is 8.61. The summed E-state index contributed by atoms with van der Waals surface area (Å²) in [6.07, 6.45) is 8.02. The minimum absolute atomic E-state index is 0.155. The maximum atomic E-state index is 11.7. The Morgan fingerprint density at radius 1 is 0.959 bits per heavy atom. The Hall–Kier alpha value is -4.64. The molecule has 3 aromatic heterocycles. The summed E-state index contributed by atoms with van der Waals surface area (Å²) in [4.78, 5) is 23.5. The second-order valence-electron chi connectivity index (χ2n) is 13.9. The monoisotopic (exact) mass is 656 g/mol. The van der Waals surface area contributed by atoms with E-state index >= 15 is 0 Å². The number of carbonyl (C=O) groups is 1. The Morgan fingerprint density at radius 2 is 1.80 bits per heavy atom. The number of nitrogens with zero attached hydrogens (tertiary/aromatic N) is 5. The molecule has 2 aromatic carbocycles. The Balaban J connectivity index is 1.04. The third-order valence-corrected chi connectivity index (χ3v) is 10.5. The fourth-order valence-corrected chi connectivity index (χ4v) is 7.83. The summed E-state index contributed by atoms with van der Waals surface area (Å²) < 4.78 is 2.16. The zero-order valence-electron chi connectivity index (χ0n) is 28.2. The Bertz CT molecular complexity index is 2020. The highest BCUT2D eigenvalue weighted by Crippen LogP contribution is 2.38. The second kappa shape index (κ2) is 13.3. The molecule has 2 saturated heterocycles. The van der Waals surface area contributed by atoms with Crippen LogP contribution in [0.2, 0.25) is 0 Å². The molecule has 3 aliphatic heterocycles. The van der Waals surface area contributed by atoms with Gasteiger partial charge in [0.05, 0.1) is 17.5 Å². The summed E-state index contributed by atoms with van der Waals surface area (Å²) in [6, 6.07) is 19.7. The van der Waals surface area contributed by atoms with Gasteiger partial charge in [-0.2, -0.15) is 5.10 Å². The Labute approximate surface area is 287 Å². The molecule has 252 valence electrons. The van der Waals surface area contributed by atoms with Gasteiger partial charge >= 0.3 is 0 Å². The number of aliphatic hydroxyl groups is 1. The van der Waals surface area contributed by atoms with Crippen LogP contribution in [0.3, 0.4) is 0 Å². The van der Waals surface area contributed by atoms with E-state index in [1.807, 2.05) is 18.5 Å². The maximum absolute atomic E-state index is 11.7. The van der Waals surface area contributed by atoms with E-state index in [1.54, 1.807) is 0 Å². The zero-order valence-corrected chi connectivity index (χ0v) is 28.2. The number of pyridine rings is 2. The molecule has 3 atom stereocenters. The van der Waals surface area contributed by atoms with E-state index in [1.165, 1.54) is 16.8 Å². The number of aliphatic hydroxyl groups excluding tert-OH is 1. The van der Waals surface area contributed by atoms with Crippen molar-refractivity contribution in [3.05, 3.63) is 89.4 Å². The molecule has 2 fully saturated rings. The van der Waals surface area contributed by atoms with Gasteiger partial charge in [-0.05, 0) is 91.6 Å². The molecule has 0 bridgehead atoms. The van der Waals surface area contributed by atoms with E-state index < -0.39 is 0 Å². The molecule has 0 radical (unpaired) electrons. The van der Waals surface area contributed by atoms with Crippen LogP contribution in [0.15, 0.2) is 67.0 Å². The van der Waals surface area contributed by atoms with Crippen molar-refractivity contribution in [2.45, 2.75) is 77.2 Å². The van der Waals surface area contributed by atoms with Crippen molar-refractivity contribution in [3.63, 3.8) is 0 Å². The number of rotatable bonds is 9. The molecule has 8 rings (SSSR count). The molecule has 3 aliphatic rings. The summed E-state index contributed by atoms with van der Waals surface area (Å²) in [7, 11) is 0. The topological polar surface area (TPSA) is 120 Å². The zero-order chi connectivity index (χ0) is 33.5. The van der Waals surface area contributed by atoms with Crippen LogP contribution in [0.5, 0.6) is 0 Å². The molecular formula is C39H44N8O2. The fraction of sp³-hybridized carbons (Fsp3) is 0.385. The minimum Gasteiger partial charge on any atom is -0.392 e. The molecule has 0 aliphatic carbocycles. The fourth-order valence-electron chi connectivity index (χ4n) is 7.83. The smallest absolute Gasteiger partial charge is 0.220 e. The average molecular weight is 657 g/mol. The summed E-state index contributed by atoms with van der Waals surface area (Å²) in [5.74, 6) is 0.885. The van der Waals surface area contributed by atoms with Crippen molar-refractivity contribution in [3.8, 4) is 22.4 Å². The average Bonchev–Trinajstić information content (AvgIpc) is 3.84. The first-order chi connectivity index (χ1) is 23.9. The lowest BCUT2D eigenvalue weighted by molar-refractivity contribution is -0.119. The van der Waals surface area contributed by atoms with Crippen LogP contribution < -0.4 is 16.0 Å². The molecule has 5 aromatic rings. The number of anilines is 2. The number of fused-ring (bicyclic) bond motifs is 2. The molecule has 10 nitrogen and oxygen atoms in total. The molecule has 0 spiro atoms. The van der Waals surface area contributed by atoms with Crippen LogP contribution in [0, 0.1) is 13.8 Å². The third-order valence-electron chi connectivity index (χ3n) is 10.5. The van der Waals surface area contributed by atoms with Gasteiger partial charge < -0.3 is 21.1 Å². The van der Waals surface area contributed by atoms with Gasteiger partial charge in [-0.25, -0.2) is 4.98 Å². The largest absolute Gasteiger partial charge is 0.392 e. The van der Waals surface area contributed by atoms with Gasteiger partial charge in [0.1, 0.15) is 5.52 Å². The summed E-state index contributed by atoms with van der Waals surface area (Å²) >= 11 is 0. The van der Waals surface area contributed by atoms with Crippen molar-refractivity contribution >= 4 is 28.3 Å². The predicted octanol–water partition coefficient (Wildman–Crippen LogP) is 5.79. The number of nitrogens with one attached hydrogen (secondary N) is 3. The van der Waals surface area contributed by atoms with Crippen LogP contribution in [0.4, 0.5) is 11.5 Å². The van der Waals surface area contributed by atoms with Crippen molar-refractivity contribution in [2.24, 2.45) is 0 Å². The van der Waals surface area contributed by atoms with Crippen molar-refractivity contribution < 1.29 is 9.90 Å². The molecule has 0 saturated carbocycles. The highest BCUT2D eigenvalue weighted by molar-refractivity contribution is 5.91. The highest BCUT2D eigenvalue weighted by atomic mass is 16.3. The summed E-state index contributed by atoms with van der Waals surface area (Å²) in [6.45, 7) is 8.45. The van der Waals surface area contributed by atoms with Crippen molar-refractivity contribution in [2.75, 3.05) is 25.0 Å². The van der Waals surface area contributed by atoms with Crippen molar-refractivity contribution in [1.29, 1.82) is 0 Å². The number of carbonyl (C=O) groups excluding carboxylic acids is 1. The number of amides is 1. The lowest BCUT2D eigenvalue weighted by atomic mass is 9.91. The SMILES string of the molecule is Cc1c(Nc2nccc3cc(CN4CC[C@@H](O)C4)cnc23)cccc1-c1cccc(-c2cc3n(n2)CCCC3NC[C@@H]2CCC(=O)N2)c1C. The lowest BCUT2D eigenvalue weighted by Crippen LogP contribution is -2.38. The van der Waals surface area contributed by atoms with Gasteiger partial charge in [0.2, 0.25) is 5.91 Å². The van der Waals surface area contributed by atoms with E-state index in [-0.39, 0.29) is 24.1 Å². The van der Waals surface area contributed by atoms with Gasteiger partial charge in [-0.1, -0.05) is 30.3 Å². The molecule has 49 heavy (non-hydrogen) atoms. The molecule has 1 amide bonds. The lowest BCUT2D eigenvalue weighted by Gasteiger charge is -2.25. The number of hydrogen-bond acceptors (Lipinski definition) is 8. The van der Waals surface area contributed by atoms with Crippen LogP contribution in [-0.4, -0.2) is 67.4 Å². The van der Waals surface area contributed by atoms with Gasteiger partial charge in [0.15, 0.2) is 5.82 Å². The number of aryl methyl sites for hydroxylation is 1. The Morgan fingerprint density at radius 3 is 2.61 bits per heavy atom. The van der Waals surface area contributed by atoms with Gasteiger partial charge in [0.25, 0.3) is 0 Å². The standard InChI is InChI=1S/C39H44N8O2/c1-24-30(6-3-8-32(24)35-19-36-34(10-5-16-47(36)45-35)41-21-28-11-12-37(49)43-28)31-7-4-9-33(25(31)2)44-39-38-27(13-15-40-39)18-26(20-42-38)22-46-17-14-29(48)23-46/h3-4,6-9,13,15,18-20,28-29,34,41,48H,5,10-12,14,16-17,21-23H2,1-2H3,(H,40,44)(H,43,49)/t28-,29+,34?/m0/s1.